The molecule has 7 heteroatoms. The first-order valence-electron chi connectivity index (χ1n) is 13.2. The number of nitrogens with zero attached hydrogens (tertiary/aromatic N) is 2. The molecule has 2 aromatic carbocycles. The van der Waals surface area contributed by atoms with Gasteiger partial charge in [0.15, 0.2) is 11.5 Å². The van der Waals surface area contributed by atoms with E-state index in [1.807, 2.05) is 22.8 Å². The van der Waals surface area contributed by atoms with Crippen LogP contribution in [-0.2, 0) is 19.4 Å². The number of ether oxygens (including phenoxy) is 2. The third-order valence-electron chi connectivity index (χ3n) is 7.71. The van der Waals surface area contributed by atoms with Crippen LogP contribution in [0, 0.1) is 5.92 Å². The highest BCUT2D eigenvalue weighted by molar-refractivity contribution is 7.26. The number of unbranched alkanes of at least 4 members (excludes halogenated alkanes) is 1. The van der Waals surface area contributed by atoms with Gasteiger partial charge in [0.1, 0.15) is 10.7 Å². The monoisotopic (exact) mass is 503 g/mol. The van der Waals surface area contributed by atoms with E-state index in [9.17, 15) is 4.79 Å². The van der Waals surface area contributed by atoms with E-state index in [1.54, 1.807) is 11.3 Å². The van der Waals surface area contributed by atoms with Crippen LogP contribution in [0.4, 0.5) is 5.69 Å². The molecular formula is C29H33N3O3S. The van der Waals surface area contributed by atoms with Gasteiger partial charge < -0.3 is 15.2 Å². The molecule has 2 aliphatic rings. The molecular weight excluding hydrogens is 470 g/mol. The third kappa shape index (κ3) is 4.34. The molecule has 0 amide bonds. The van der Waals surface area contributed by atoms with Crippen LogP contribution in [-0.4, -0.2) is 16.3 Å². The lowest BCUT2D eigenvalue weighted by atomic mass is 10.0. The summed E-state index contributed by atoms with van der Waals surface area (Å²) < 4.78 is 13.9. The molecule has 6 nitrogen and oxygen atoms in total. The van der Waals surface area contributed by atoms with Crippen molar-refractivity contribution < 1.29 is 9.47 Å². The predicted octanol–water partition coefficient (Wildman–Crippen LogP) is 6.44. The van der Waals surface area contributed by atoms with E-state index in [-0.39, 0.29) is 12.4 Å². The van der Waals surface area contributed by atoms with Gasteiger partial charge in [0.25, 0.3) is 5.56 Å². The second-order valence-corrected chi connectivity index (χ2v) is 11.2. The molecule has 1 saturated carbocycles. The molecule has 4 aromatic rings. The molecule has 1 aliphatic carbocycles. The van der Waals surface area contributed by atoms with Crippen molar-refractivity contribution in [3.05, 3.63) is 57.6 Å². The minimum absolute atomic E-state index is 0.0254. The summed E-state index contributed by atoms with van der Waals surface area (Å²) in [7, 11) is 0. The molecule has 0 atom stereocenters. The molecule has 36 heavy (non-hydrogen) atoms. The Kier molecular flexibility index (Phi) is 6.34. The van der Waals surface area contributed by atoms with E-state index in [0.717, 1.165) is 81.5 Å². The van der Waals surface area contributed by atoms with Crippen LogP contribution >= 0.6 is 11.3 Å². The molecule has 0 radical (unpaired) electrons. The summed E-state index contributed by atoms with van der Waals surface area (Å²) in [6.07, 6.45) is 10.3. The summed E-state index contributed by atoms with van der Waals surface area (Å²) in [6.45, 7) is 2.88. The van der Waals surface area contributed by atoms with Crippen molar-refractivity contribution in [2.24, 2.45) is 5.92 Å². The number of nitrogen functional groups attached to an aromatic ring is 1. The normalized spacial score (nSPS) is 15.5. The Morgan fingerprint density at radius 1 is 1.08 bits per heavy atom. The summed E-state index contributed by atoms with van der Waals surface area (Å²) in [5.41, 5.74) is 9.45. The van der Waals surface area contributed by atoms with Gasteiger partial charge >= 0.3 is 0 Å². The fraction of sp³-hybridized carbons (Fsp3) is 0.448. The number of benzene rings is 2. The molecule has 1 fully saturated rings. The summed E-state index contributed by atoms with van der Waals surface area (Å²) in [5, 5.41) is 1.64. The van der Waals surface area contributed by atoms with Crippen LogP contribution in [0.3, 0.4) is 0 Å². The maximum absolute atomic E-state index is 14.1. The number of fused-ring (bicyclic) bond motifs is 4. The summed E-state index contributed by atoms with van der Waals surface area (Å²) >= 11 is 1.55. The molecule has 0 bridgehead atoms. The van der Waals surface area contributed by atoms with Gasteiger partial charge in [-0.1, -0.05) is 45.1 Å². The average Bonchev–Trinajstić information content (AvgIpc) is 3.63. The maximum Gasteiger partial charge on any atom is 0.263 e. The van der Waals surface area contributed by atoms with Crippen molar-refractivity contribution in [1.29, 1.82) is 0 Å². The van der Waals surface area contributed by atoms with E-state index >= 15 is 0 Å². The lowest BCUT2D eigenvalue weighted by Crippen LogP contribution is -2.26. The SMILES string of the molecule is CCCCc1cc(N)c2sc3nc(CCC4CCCC4)n(Cc4ccc5c(c4)OCO5)c(=O)c3c2c1. The van der Waals surface area contributed by atoms with E-state index in [1.165, 1.54) is 31.2 Å². The molecule has 6 rings (SSSR count). The predicted molar refractivity (Wildman–Crippen MR) is 146 cm³/mol. The Bertz CT molecular complexity index is 1480. The fourth-order valence-electron chi connectivity index (χ4n) is 5.72. The van der Waals surface area contributed by atoms with Crippen LogP contribution in [0.1, 0.15) is 68.8 Å². The number of nitrogens with two attached hydrogens (primary N) is 1. The molecule has 0 saturated heterocycles. The van der Waals surface area contributed by atoms with Gasteiger partial charge in [-0.2, -0.15) is 0 Å². The Morgan fingerprint density at radius 2 is 1.92 bits per heavy atom. The number of thiophene rings is 1. The number of rotatable bonds is 8. The molecule has 1 aliphatic heterocycles. The topological polar surface area (TPSA) is 79.4 Å². The molecule has 0 spiro atoms. The van der Waals surface area contributed by atoms with Gasteiger partial charge in [0, 0.05) is 17.5 Å². The number of aromatic nitrogens is 2. The second-order valence-electron chi connectivity index (χ2n) is 10.2. The highest BCUT2D eigenvalue weighted by Crippen LogP contribution is 2.37. The van der Waals surface area contributed by atoms with Crippen molar-refractivity contribution >= 4 is 37.3 Å². The van der Waals surface area contributed by atoms with Crippen molar-refractivity contribution in [3.63, 3.8) is 0 Å². The molecule has 2 N–H and O–H groups in total. The van der Waals surface area contributed by atoms with Gasteiger partial charge in [-0.3, -0.25) is 9.36 Å². The first-order valence-corrected chi connectivity index (χ1v) is 14.0. The zero-order valence-corrected chi connectivity index (χ0v) is 21.7. The molecule has 3 heterocycles. The van der Waals surface area contributed by atoms with Crippen molar-refractivity contribution in [3.8, 4) is 11.5 Å². The first-order chi connectivity index (χ1) is 17.6. The second kappa shape index (κ2) is 9.77. The van der Waals surface area contributed by atoms with Crippen molar-refractivity contribution in [1.82, 2.24) is 9.55 Å². The quantitative estimate of drug-likeness (QED) is 0.280. The zero-order valence-electron chi connectivity index (χ0n) is 20.8. The number of hydrogen-bond donors (Lipinski definition) is 1. The minimum Gasteiger partial charge on any atom is -0.454 e. The largest absolute Gasteiger partial charge is 0.454 e. The molecule has 2 aromatic heterocycles. The molecule has 0 unspecified atom stereocenters. The Morgan fingerprint density at radius 3 is 2.75 bits per heavy atom. The van der Waals surface area contributed by atoms with Gasteiger partial charge in [0.05, 0.1) is 16.6 Å². The number of aryl methyl sites for hydroxylation is 2. The number of hydrogen-bond acceptors (Lipinski definition) is 6. The van der Waals surface area contributed by atoms with Crippen molar-refractivity contribution in [2.75, 3.05) is 12.5 Å². The summed E-state index contributed by atoms with van der Waals surface area (Å²) in [4.78, 5) is 20.0. The van der Waals surface area contributed by atoms with E-state index in [2.05, 4.69) is 19.1 Å². The van der Waals surface area contributed by atoms with Gasteiger partial charge in [0.2, 0.25) is 6.79 Å². The van der Waals surface area contributed by atoms with Crippen molar-refractivity contribution in [2.45, 2.75) is 71.3 Å². The smallest absolute Gasteiger partial charge is 0.263 e. The lowest BCUT2D eigenvalue weighted by Gasteiger charge is -2.15. The lowest BCUT2D eigenvalue weighted by molar-refractivity contribution is 0.174. The highest BCUT2D eigenvalue weighted by Gasteiger charge is 2.21. The first kappa shape index (κ1) is 23.3. The van der Waals surface area contributed by atoms with Crippen LogP contribution < -0.4 is 20.8 Å². The van der Waals surface area contributed by atoms with E-state index in [4.69, 9.17) is 20.2 Å². The zero-order chi connectivity index (χ0) is 24.6. The van der Waals surface area contributed by atoms with E-state index < -0.39 is 0 Å². The van der Waals surface area contributed by atoms with Gasteiger partial charge in [-0.05, 0) is 60.6 Å². The fourth-order valence-corrected chi connectivity index (χ4v) is 6.82. The Balaban J connectivity index is 1.46. The van der Waals surface area contributed by atoms with Gasteiger partial charge in [-0.25, -0.2) is 4.98 Å². The minimum atomic E-state index is 0.0254. The van der Waals surface area contributed by atoms with Gasteiger partial charge in [-0.15, -0.1) is 11.3 Å². The van der Waals surface area contributed by atoms with Crippen LogP contribution in [0.5, 0.6) is 11.5 Å². The summed E-state index contributed by atoms with van der Waals surface area (Å²) in [6, 6.07) is 10.1. The average molecular weight is 504 g/mol. The standard InChI is InChI=1S/C29H33N3O3S/c1-2-3-6-19-13-21-26-28(36-27(21)22(30)14-19)31-25(12-10-18-7-4-5-8-18)32(29(26)33)16-20-9-11-23-24(15-20)35-17-34-23/h9,11,13-15,18H,2-8,10,12,16-17,30H2,1H3. The Hall–Kier alpha value is -3.06. The number of anilines is 1. The maximum atomic E-state index is 14.1. The van der Waals surface area contributed by atoms with E-state index in [0.29, 0.717) is 11.9 Å². The van der Waals surface area contributed by atoms with Crippen LogP contribution in [0.15, 0.2) is 35.1 Å². The third-order valence-corrected chi connectivity index (χ3v) is 8.86. The highest BCUT2D eigenvalue weighted by atomic mass is 32.1. The summed E-state index contributed by atoms with van der Waals surface area (Å²) in [5.74, 6) is 3.08. The Labute approximate surface area is 215 Å². The molecule has 188 valence electrons. The van der Waals surface area contributed by atoms with Crippen LogP contribution in [0.25, 0.3) is 20.3 Å². The van der Waals surface area contributed by atoms with Crippen LogP contribution in [0.2, 0.25) is 0 Å².